The Kier molecular flexibility index (Phi) is 4.36. The summed E-state index contributed by atoms with van der Waals surface area (Å²) in [5.74, 6) is 1.02. The van der Waals surface area contributed by atoms with Gasteiger partial charge in [-0.3, -0.25) is 4.90 Å². The number of aromatic nitrogens is 4. The van der Waals surface area contributed by atoms with E-state index in [9.17, 15) is 5.11 Å². The molecule has 0 spiro atoms. The number of hydrogen-bond donors (Lipinski definition) is 1. The average molecular weight is 403 g/mol. The molecule has 1 saturated heterocycles. The van der Waals surface area contributed by atoms with Crippen molar-refractivity contribution in [3.8, 4) is 22.7 Å². The van der Waals surface area contributed by atoms with E-state index in [-0.39, 0.29) is 11.3 Å². The van der Waals surface area contributed by atoms with Crippen LogP contribution in [0.2, 0.25) is 0 Å². The fraction of sp³-hybridized carbons (Fsp3) is 0.348. The molecule has 7 heteroatoms. The molecule has 4 heterocycles. The lowest BCUT2D eigenvalue weighted by atomic mass is 9.86. The van der Waals surface area contributed by atoms with Crippen molar-refractivity contribution in [1.82, 2.24) is 24.6 Å². The van der Waals surface area contributed by atoms with Gasteiger partial charge in [0.1, 0.15) is 5.75 Å². The molecular formula is C23H26N6O. The number of rotatable bonds is 4. The SMILES string of the molecule is CN(c1ccc(-c2ccc(-n3ccnc3)cc2O)nn1)[C@H]1CC2C=C[C@](C)(C1)N2C. The fourth-order valence-electron chi connectivity index (χ4n) is 4.68. The highest BCUT2D eigenvalue weighted by Gasteiger charge is 2.44. The van der Waals surface area contributed by atoms with Gasteiger partial charge in [-0.05, 0) is 51.1 Å². The highest BCUT2D eigenvalue weighted by molar-refractivity contribution is 5.69. The molecule has 1 fully saturated rings. The van der Waals surface area contributed by atoms with Crippen LogP contribution in [0, 0.1) is 0 Å². The first-order valence-corrected chi connectivity index (χ1v) is 10.3. The Morgan fingerprint density at radius 2 is 2.07 bits per heavy atom. The zero-order chi connectivity index (χ0) is 20.9. The van der Waals surface area contributed by atoms with Crippen molar-refractivity contribution in [1.29, 1.82) is 0 Å². The van der Waals surface area contributed by atoms with Crippen LogP contribution in [0.1, 0.15) is 19.8 Å². The molecule has 0 radical (unpaired) electrons. The first-order chi connectivity index (χ1) is 14.4. The zero-order valence-corrected chi connectivity index (χ0v) is 17.5. The Morgan fingerprint density at radius 3 is 2.73 bits per heavy atom. The maximum absolute atomic E-state index is 10.5. The molecular weight excluding hydrogens is 376 g/mol. The molecule has 1 N–H and O–H groups in total. The number of imidazole rings is 1. The molecule has 2 aliphatic heterocycles. The van der Waals surface area contributed by atoms with Gasteiger partial charge >= 0.3 is 0 Å². The molecule has 0 aliphatic carbocycles. The Labute approximate surface area is 176 Å². The van der Waals surface area contributed by atoms with Crippen molar-refractivity contribution >= 4 is 5.82 Å². The first-order valence-electron chi connectivity index (χ1n) is 10.3. The van der Waals surface area contributed by atoms with E-state index in [0.29, 0.717) is 23.3 Å². The van der Waals surface area contributed by atoms with Gasteiger partial charge in [-0.2, -0.15) is 0 Å². The lowest BCUT2D eigenvalue weighted by molar-refractivity contribution is 0.103. The minimum absolute atomic E-state index is 0.109. The molecule has 0 amide bonds. The van der Waals surface area contributed by atoms with E-state index in [4.69, 9.17) is 0 Å². The number of likely N-dealkylation sites (N-methyl/N-ethyl adjacent to an activating group) is 1. The van der Waals surface area contributed by atoms with Crippen LogP contribution >= 0.6 is 0 Å². The van der Waals surface area contributed by atoms with Gasteiger partial charge in [0.25, 0.3) is 0 Å². The monoisotopic (exact) mass is 402 g/mol. The van der Waals surface area contributed by atoms with Crippen LogP contribution in [0.25, 0.3) is 16.9 Å². The van der Waals surface area contributed by atoms with Crippen LogP contribution in [0.5, 0.6) is 5.75 Å². The van der Waals surface area contributed by atoms with Crippen LogP contribution in [0.3, 0.4) is 0 Å². The van der Waals surface area contributed by atoms with E-state index < -0.39 is 0 Å². The molecule has 3 atom stereocenters. The third kappa shape index (κ3) is 3.06. The minimum Gasteiger partial charge on any atom is -0.507 e. The van der Waals surface area contributed by atoms with E-state index in [1.54, 1.807) is 18.6 Å². The summed E-state index contributed by atoms with van der Waals surface area (Å²) in [6.45, 7) is 2.30. The highest BCUT2D eigenvalue weighted by atomic mass is 16.3. The van der Waals surface area contributed by atoms with Crippen molar-refractivity contribution in [3.63, 3.8) is 0 Å². The van der Waals surface area contributed by atoms with Gasteiger partial charge in [0, 0.05) is 48.7 Å². The highest BCUT2D eigenvalue weighted by Crippen LogP contribution is 2.40. The molecule has 154 valence electrons. The summed E-state index contributed by atoms with van der Waals surface area (Å²) in [6.07, 6.45) is 12.1. The van der Waals surface area contributed by atoms with Crippen molar-refractivity contribution in [3.05, 3.63) is 61.2 Å². The molecule has 0 saturated carbocycles. The van der Waals surface area contributed by atoms with Gasteiger partial charge in [-0.15, -0.1) is 10.2 Å². The molecule has 30 heavy (non-hydrogen) atoms. The van der Waals surface area contributed by atoms with Gasteiger partial charge in [0.2, 0.25) is 0 Å². The quantitative estimate of drug-likeness (QED) is 0.676. The second kappa shape index (κ2) is 6.95. The lowest BCUT2D eigenvalue weighted by Crippen LogP contribution is -2.54. The fourth-order valence-corrected chi connectivity index (χ4v) is 4.68. The molecule has 7 nitrogen and oxygen atoms in total. The minimum atomic E-state index is 0.109. The second-order valence-electron chi connectivity index (χ2n) is 8.55. The summed E-state index contributed by atoms with van der Waals surface area (Å²) in [6, 6.07) is 10.3. The smallest absolute Gasteiger partial charge is 0.151 e. The van der Waals surface area contributed by atoms with Crippen LogP contribution in [0.15, 0.2) is 61.2 Å². The van der Waals surface area contributed by atoms with Gasteiger partial charge < -0.3 is 14.6 Å². The average Bonchev–Trinajstić information content (AvgIpc) is 3.33. The molecule has 3 aromatic rings. The Balaban J connectivity index is 1.35. The van der Waals surface area contributed by atoms with Crippen molar-refractivity contribution < 1.29 is 5.11 Å². The third-order valence-electron chi connectivity index (χ3n) is 6.76. The Hall–Kier alpha value is -3.19. The van der Waals surface area contributed by atoms with E-state index in [1.165, 1.54) is 0 Å². The van der Waals surface area contributed by atoms with E-state index >= 15 is 0 Å². The van der Waals surface area contributed by atoms with Gasteiger partial charge in [-0.1, -0.05) is 12.2 Å². The third-order valence-corrected chi connectivity index (χ3v) is 6.76. The summed E-state index contributed by atoms with van der Waals surface area (Å²) < 4.78 is 1.84. The standard InChI is InChI=1S/C23H26N6O/c1-23-9-8-16(28(23)3)12-18(14-23)27(2)22-7-6-20(25-26-22)19-5-4-17(13-21(19)30)29-11-10-24-15-29/h4-11,13,15-16,18,30H,12,14H2,1-3H3/t16?,18-,23+/m0/s1. The molecule has 2 aliphatic rings. The normalized spacial score (nSPS) is 25.6. The number of hydrogen-bond acceptors (Lipinski definition) is 6. The summed E-state index contributed by atoms with van der Waals surface area (Å²) in [7, 11) is 4.31. The maximum Gasteiger partial charge on any atom is 0.151 e. The van der Waals surface area contributed by atoms with Crippen LogP contribution in [0.4, 0.5) is 5.82 Å². The molecule has 2 aromatic heterocycles. The Morgan fingerprint density at radius 1 is 1.20 bits per heavy atom. The number of aromatic hydroxyl groups is 1. The molecule has 2 bridgehead atoms. The van der Waals surface area contributed by atoms with Gasteiger partial charge in [-0.25, -0.2) is 4.98 Å². The topological polar surface area (TPSA) is 70.3 Å². The zero-order valence-electron chi connectivity index (χ0n) is 17.5. The maximum atomic E-state index is 10.5. The first kappa shape index (κ1) is 18.8. The number of benzene rings is 1. The predicted molar refractivity (Wildman–Crippen MR) is 117 cm³/mol. The van der Waals surface area contributed by atoms with Gasteiger partial charge in [0.05, 0.1) is 17.7 Å². The van der Waals surface area contributed by atoms with Crippen molar-refractivity contribution in [2.75, 3.05) is 19.0 Å². The number of anilines is 1. The number of phenols is 1. The number of phenolic OH excluding ortho intramolecular Hbond substituents is 1. The number of nitrogens with zero attached hydrogens (tertiary/aromatic N) is 6. The number of piperidine rings is 1. The summed E-state index contributed by atoms with van der Waals surface area (Å²) in [5, 5.41) is 19.4. The van der Waals surface area contributed by atoms with Crippen molar-refractivity contribution in [2.45, 2.75) is 37.4 Å². The van der Waals surface area contributed by atoms with E-state index in [0.717, 1.165) is 24.3 Å². The lowest BCUT2D eigenvalue weighted by Gasteiger charge is -2.46. The Bertz CT molecular complexity index is 1080. The summed E-state index contributed by atoms with van der Waals surface area (Å²) in [5.41, 5.74) is 2.27. The van der Waals surface area contributed by atoms with Crippen LogP contribution in [-0.4, -0.2) is 61.5 Å². The summed E-state index contributed by atoms with van der Waals surface area (Å²) in [4.78, 5) is 8.74. The molecule has 1 aromatic carbocycles. The van der Waals surface area contributed by atoms with E-state index in [1.807, 2.05) is 35.0 Å². The second-order valence-corrected chi connectivity index (χ2v) is 8.55. The van der Waals surface area contributed by atoms with Crippen LogP contribution in [-0.2, 0) is 0 Å². The summed E-state index contributed by atoms with van der Waals surface area (Å²) >= 11 is 0. The van der Waals surface area contributed by atoms with Crippen LogP contribution < -0.4 is 4.90 Å². The largest absolute Gasteiger partial charge is 0.507 e. The predicted octanol–water partition coefficient (Wildman–Crippen LogP) is 3.26. The van der Waals surface area contributed by atoms with E-state index in [2.05, 4.69) is 58.2 Å². The number of fused-ring (bicyclic) bond motifs is 2. The van der Waals surface area contributed by atoms with Gasteiger partial charge in [0.15, 0.2) is 5.82 Å². The molecule has 1 unspecified atom stereocenters. The van der Waals surface area contributed by atoms with Crippen molar-refractivity contribution in [2.24, 2.45) is 0 Å². The molecule has 5 rings (SSSR count).